The third-order valence-electron chi connectivity index (χ3n) is 3.24. The molecule has 0 saturated carbocycles. The van der Waals surface area contributed by atoms with Gasteiger partial charge in [-0.05, 0) is 42.0 Å². The van der Waals surface area contributed by atoms with Crippen molar-refractivity contribution in [3.63, 3.8) is 0 Å². The molecule has 7 nitrogen and oxygen atoms in total. The van der Waals surface area contributed by atoms with Gasteiger partial charge in [0.2, 0.25) is 0 Å². The highest BCUT2D eigenvalue weighted by Crippen LogP contribution is 2.30. The summed E-state index contributed by atoms with van der Waals surface area (Å²) in [5, 5.41) is 15.1. The van der Waals surface area contributed by atoms with Gasteiger partial charge in [0.1, 0.15) is 0 Å². The van der Waals surface area contributed by atoms with Crippen LogP contribution >= 0.6 is 0 Å². The van der Waals surface area contributed by atoms with E-state index in [1.165, 1.54) is 37.6 Å². The summed E-state index contributed by atoms with van der Waals surface area (Å²) in [4.78, 5) is 23.4. The number of amides is 2. The standard InChI is InChI=1S/C17H14F3N3O4/c1-27-14-7-10(5-6-13(14)24)9-21-23-16(26)15(25)22-12-4-2-3-11(8-12)17(18,19)20/h2-9,24H,1H3,(H,22,25)(H,23,26)/b21-9+. The van der Waals surface area contributed by atoms with Crippen LogP contribution in [0, 0.1) is 0 Å². The zero-order valence-corrected chi connectivity index (χ0v) is 13.9. The molecular weight excluding hydrogens is 367 g/mol. The van der Waals surface area contributed by atoms with Gasteiger partial charge < -0.3 is 15.2 Å². The highest BCUT2D eigenvalue weighted by atomic mass is 19.4. The summed E-state index contributed by atoms with van der Waals surface area (Å²) in [7, 11) is 1.36. The Morgan fingerprint density at radius 2 is 1.89 bits per heavy atom. The van der Waals surface area contributed by atoms with Gasteiger partial charge in [0.25, 0.3) is 0 Å². The van der Waals surface area contributed by atoms with Crippen LogP contribution < -0.4 is 15.5 Å². The normalized spacial score (nSPS) is 11.3. The Balaban J connectivity index is 1.97. The maximum atomic E-state index is 12.6. The fourth-order valence-corrected chi connectivity index (χ4v) is 1.95. The highest BCUT2D eigenvalue weighted by Gasteiger charge is 2.30. The number of methoxy groups -OCH3 is 1. The Bertz CT molecular complexity index is 882. The van der Waals surface area contributed by atoms with Gasteiger partial charge in [-0.25, -0.2) is 5.43 Å². The van der Waals surface area contributed by atoms with Gasteiger partial charge in [0.05, 0.1) is 18.9 Å². The number of hydrazone groups is 1. The molecule has 2 amide bonds. The molecule has 0 unspecified atom stereocenters. The first-order valence-electron chi connectivity index (χ1n) is 7.39. The van der Waals surface area contributed by atoms with Crippen molar-refractivity contribution >= 4 is 23.7 Å². The molecule has 0 saturated heterocycles. The van der Waals surface area contributed by atoms with E-state index < -0.39 is 23.6 Å². The third kappa shape index (κ3) is 5.46. The van der Waals surface area contributed by atoms with Crippen molar-refractivity contribution in [2.24, 2.45) is 5.10 Å². The molecule has 142 valence electrons. The van der Waals surface area contributed by atoms with Crippen molar-refractivity contribution in [1.29, 1.82) is 0 Å². The van der Waals surface area contributed by atoms with E-state index in [9.17, 15) is 27.9 Å². The van der Waals surface area contributed by atoms with Crippen molar-refractivity contribution < 1.29 is 32.6 Å². The summed E-state index contributed by atoms with van der Waals surface area (Å²) >= 11 is 0. The average molecular weight is 381 g/mol. The van der Waals surface area contributed by atoms with Gasteiger partial charge in [0, 0.05) is 5.69 Å². The number of phenols is 1. The lowest BCUT2D eigenvalue weighted by Gasteiger charge is -2.09. The van der Waals surface area contributed by atoms with Gasteiger partial charge >= 0.3 is 18.0 Å². The minimum atomic E-state index is -4.57. The highest BCUT2D eigenvalue weighted by molar-refractivity contribution is 6.39. The summed E-state index contributed by atoms with van der Waals surface area (Å²) in [6.45, 7) is 0. The van der Waals surface area contributed by atoms with Crippen molar-refractivity contribution in [2.75, 3.05) is 12.4 Å². The molecule has 0 aromatic heterocycles. The van der Waals surface area contributed by atoms with Gasteiger partial charge in [-0.1, -0.05) is 6.07 Å². The number of aromatic hydroxyl groups is 1. The topological polar surface area (TPSA) is 100 Å². The van der Waals surface area contributed by atoms with E-state index in [1.807, 2.05) is 5.43 Å². The van der Waals surface area contributed by atoms with E-state index in [-0.39, 0.29) is 17.2 Å². The lowest BCUT2D eigenvalue weighted by molar-refractivity contribution is -0.137. The van der Waals surface area contributed by atoms with Crippen LogP contribution in [-0.2, 0) is 15.8 Å². The van der Waals surface area contributed by atoms with Crippen molar-refractivity contribution in [1.82, 2.24) is 5.43 Å². The van der Waals surface area contributed by atoms with Crippen LogP contribution in [0.1, 0.15) is 11.1 Å². The zero-order valence-electron chi connectivity index (χ0n) is 13.9. The number of halogens is 3. The number of anilines is 1. The molecule has 0 fully saturated rings. The monoisotopic (exact) mass is 381 g/mol. The quantitative estimate of drug-likeness (QED) is 0.430. The van der Waals surface area contributed by atoms with Crippen LogP contribution in [-0.4, -0.2) is 30.2 Å². The molecule has 0 radical (unpaired) electrons. The molecule has 2 aromatic rings. The van der Waals surface area contributed by atoms with Crippen molar-refractivity contribution in [3.05, 3.63) is 53.6 Å². The number of carbonyl (C=O) groups excluding carboxylic acids is 2. The molecule has 27 heavy (non-hydrogen) atoms. The number of benzene rings is 2. The number of rotatable bonds is 4. The Hall–Kier alpha value is -3.56. The molecule has 3 N–H and O–H groups in total. The SMILES string of the molecule is COc1cc(/C=N/NC(=O)C(=O)Nc2cccc(C(F)(F)F)c2)ccc1O. The number of phenolic OH excluding ortho intramolecular Hbond substituents is 1. The van der Waals surface area contributed by atoms with Gasteiger partial charge in [0.15, 0.2) is 11.5 Å². The molecule has 0 spiro atoms. The maximum Gasteiger partial charge on any atom is 0.416 e. The average Bonchev–Trinajstić information content (AvgIpc) is 2.62. The van der Waals surface area contributed by atoms with Crippen LogP contribution in [0.4, 0.5) is 18.9 Å². The molecule has 0 heterocycles. The fraction of sp³-hybridized carbons (Fsp3) is 0.118. The summed E-state index contributed by atoms with van der Waals surface area (Å²) in [5.74, 6) is -2.25. The number of hydrogen-bond donors (Lipinski definition) is 3. The summed E-state index contributed by atoms with van der Waals surface area (Å²) in [6.07, 6.45) is -3.38. The minimum absolute atomic E-state index is 0.0841. The van der Waals surface area contributed by atoms with Crippen LogP contribution in [0.5, 0.6) is 11.5 Å². The predicted octanol–water partition coefficient (Wildman–Crippen LogP) is 2.51. The number of ether oxygens (including phenoxy) is 1. The molecule has 0 aliphatic carbocycles. The second-order valence-corrected chi connectivity index (χ2v) is 5.16. The molecule has 2 aromatic carbocycles. The summed E-state index contributed by atoms with van der Waals surface area (Å²) in [6, 6.07) is 8.13. The summed E-state index contributed by atoms with van der Waals surface area (Å²) in [5.41, 5.74) is 1.26. The van der Waals surface area contributed by atoms with E-state index in [1.54, 1.807) is 0 Å². The maximum absolute atomic E-state index is 12.6. The third-order valence-corrected chi connectivity index (χ3v) is 3.24. The Morgan fingerprint density at radius 1 is 1.15 bits per heavy atom. The largest absolute Gasteiger partial charge is 0.504 e. The van der Waals surface area contributed by atoms with Gasteiger partial charge in [-0.2, -0.15) is 18.3 Å². The lowest BCUT2D eigenvalue weighted by atomic mass is 10.2. The molecule has 0 atom stereocenters. The Morgan fingerprint density at radius 3 is 2.56 bits per heavy atom. The number of alkyl halides is 3. The first kappa shape index (κ1) is 19.8. The van der Waals surface area contributed by atoms with E-state index in [0.717, 1.165) is 12.1 Å². The molecule has 0 aliphatic rings. The van der Waals surface area contributed by atoms with Crippen molar-refractivity contribution in [3.8, 4) is 11.5 Å². The van der Waals surface area contributed by atoms with E-state index in [0.29, 0.717) is 11.6 Å². The van der Waals surface area contributed by atoms with Crippen LogP contribution in [0.2, 0.25) is 0 Å². The van der Waals surface area contributed by atoms with Crippen molar-refractivity contribution in [2.45, 2.75) is 6.18 Å². The first-order chi connectivity index (χ1) is 12.7. The molecule has 0 aliphatic heterocycles. The molecule has 2 rings (SSSR count). The molecular formula is C17H14F3N3O4. The smallest absolute Gasteiger partial charge is 0.416 e. The number of nitrogens with one attached hydrogen (secondary N) is 2. The second kappa shape index (κ2) is 8.21. The fourth-order valence-electron chi connectivity index (χ4n) is 1.95. The first-order valence-corrected chi connectivity index (χ1v) is 7.39. The molecule has 0 bridgehead atoms. The second-order valence-electron chi connectivity index (χ2n) is 5.16. The van der Waals surface area contributed by atoms with Crippen LogP contribution in [0.15, 0.2) is 47.6 Å². The van der Waals surface area contributed by atoms with E-state index >= 15 is 0 Å². The zero-order chi connectivity index (χ0) is 20.0. The lowest BCUT2D eigenvalue weighted by Crippen LogP contribution is -2.32. The minimum Gasteiger partial charge on any atom is -0.504 e. The van der Waals surface area contributed by atoms with Gasteiger partial charge in [-0.3, -0.25) is 9.59 Å². The number of hydrogen-bond acceptors (Lipinski definition) is 5. The Labute approximate surface area is 151 Å². The Kier molecular flexibility index (Phi) is 6.01. The van der Waals surface area contributed by atoms with Crippen LogP contribution in [0.3, 0.4) is 0 Å². The summed E-state index contributed by atoms with van der Waals surface area (Å²) < 4.78 is 42.8. The van der Waals surface area contributed by atoms with Gasteiger partial charge in [-0.15, -0.1) is 0 Å². The van der Waals surface area contributed by atoms with Crippen LogP contribution in [0.25, 0.3) is 0 Å². The predicted molar refractivity (Wildman–Crippen MR) is 90.5 cm³/mol. The number of nitrogens with zero attached hydrogens (tertiary/aromatic N) is 1. The van der Waals surface area contributed by atoms with E-state index in [2.05, 4.69) is 10.4 Å². The molecule has 10 heteroatoms. The number of carbonyl (C=O) groups is 2. The van der Waals surface area contributed by atoms with E-state index in [4.69, 9.17) is 4.74 Å².